The molecule has 34 heavy (non-hydrogen) atoms. The van der Waals surface area contributed by atoms with Gasteiger partial charge in [-0.25, -0.2) is 17.8 Å². The van der Waals surface area contributed by atoms with E-state index >= 15 is 0 Å². The van der Waals surface area contributed by atoms with Gasteiger partial charge in [0.05, 0.1) is 32.4 Å². The molecule has 2 aromatic carbocycles. The van der Waals surface area contributed by atoms with Crippen molar-refractivity contribution in [2.45, 2.75) is 31.2 Å². The number of hydrogen-bond donors (Lipinski definition) is 0. The Hall–Kier alpha value is -2.88. The number of pyridine rings is 1. The lowest BCUT2D eigenvalue weighted by Gasteiger charge is -2.20. The fraction of sp³-hybridized carbons (Fsp3) is 0.208. The molecule has 4 aromatic rings. The second-order valence-electron chi connectivity index (χ2n) is 7.76. The quantitative estimate of drug-likeness (QED) is 0.285. The molecule has 10 heteroatoms. The number of aryl methyl sites for hydroxylation is 1. The summed E-state index contributed by atoms with van der Waals surface area (Å²) in [5, 5.41) is 1.05. The molecule has 1 amide bonds. The molecule has 0 spiro atoms. The SMILES string of the molecule is Cc1ccc(Cl)c2sc(N(Cc3cccnc3)C(=O)CCCS(=O)(=O)c3ccc(F)cc3)nc12. The van der Waals surface area contributed by atoms with Crippen LogP contribution < -0.4 is 4.90 Å². The zero-order valence-corrected chi connectivity index (χ0v) is 20.6. The highest BCUT2D eigenvalue weighted by Gasteiger charge is 2.23. The summed E-state index contributed by atoms with van der Waals surface area (Å²) < 4.78 is 39.1. The normalized spacial score (nSPS) is 11.6. The maximum Gasteiger partial charge on any atom is 0.229 e. The molecule has 4 rings (SSSR count). The lowest BCUT2D eigenvalue weighted by molar-refractivity contribution is -0.118. The number of sulfone groups is 1. The average Bonchev–Trinajstić information content (AvgIpc) is 3.27. The third kappa shape index (κ3) is 5.43. The van der Waals surface area contributed by atoms with Crippen molar-refractivity contribution in [2.75, 3.05) is 10.7 Å². The Labute approximate surface area is 206 Å². The van der Waals surface area contributed by atoms with Crippen LogP contribution in [0.4, 0.5) is 9.52 Å². The van der Waals surface area contributed by atoms with Crippen LogP contribution in [0.25, 0.3) is 10.2 Å². The van der Waals surface area contributed by atoms with Crippen LogP contribution in [-0.4, -0.2) is 30.0 Å². The van der Waals surface area contributed by atoms with Crippen molar-refractivity contribution in [2.24, 2.45) is 0 Å². The van der Waals surface area contributed by atoms with Crippen LogP contribution >= 0.6 is 22.9 Å². The van der Waals surface area contributed by atoms with Crippen LogP contribution in [0.15, 0.2) is 65.8 Å². The van der Waals surface area contributed by atoms with Gasteiger partial charge < -0.3 is 0 Å². The standard InChI is InChI=1S/C24H21ClFN3O3S2/c1-16-6-11-20(25)23-22(16)28-24(33-23)29(15-17-4-2-12-27-14-17)21(30)5-3-13-34(31,32)19-9-7-18(26)8-10-19/h2,4,6-12,14H,3,5,13,15H2,1H3. The molecule has 0 radical (unpaired) electrons. The first-order chi connectivity index (χ1) is 16.2. The number of carbonyl (C=O) groups excluding carboxylic acids is 1. The van der Waals surface area contributed by atoms with Gasteiger partial charge in [-0.1, -0.05) is 35.1 Å². The van der Waals surface area contributed by atoms with Crippen LogP contribution in [0.2, 0.25) is 5.02 Å². The van der Waals surface area contributed by atoms with Gasteiger partial charge in [-0.3, -0.25) is 14.7 Å². The van der Waals surface area contributed by atoms with Crippen molar-refractivity contribution in [3.63, 3.8) is 0 Å². The molecule has 0 atom stereocenters. The summed E-state index contributed by atoms with van der Waals surface area (Å²) in [7, 11) is -3.63. The molecule has 0 saturated carbocycles. The zero-order valence-electron chi connectivity index (χ0n) is 18.2. The number of anilines is 1. The fourth-order valence-electron chi connectivity index (χ4n) is 3.45. The second kappa shape index (κ2) is 10.2. The molecule has 2 heterocycles. The highest BCUT2D eigenvalue weighted by Crippen LogP contribution is 2.36. The van der Waals surface area contributed by atoms with Crippen molar-refractivity contribution in [3.05, 3.63) is 82.9 Å². The summed E-state index contributed by atoms with van der Waals surface area (Å²) in [4.78, 5) is 23.6. The highest BCUT2D eigenvalue weighted by molar-refractivity contribution is 7.91. The molecular formula is C24H21ClFN3O3S2. The van der Waals surface area contributed by atoms with E-state index in [9.17, 15) is 17.6 Å². The first kappa shape index (κ1) is 24.3. The van der Waals surface area contributed by atoms with Crippen LogP contribution in [0.3, 0.4) is 0 Å². The minimum atomic E-state index is -3.63. The molecule has 0 unspecified atom stereocenters. The average molecular weight is 518 g/mol. The number of aromatic nitrogens is 2. The number of benzene rings is 2. The molecular weight excluding hydrogens is 497 g/mol. The first-order valence-electron chi connectivity index (χ1n) is 10.5. The highest BCUT2D eigenvalue weighted by atomic mass is 35.5. The molecule has 0 saturated heterocycles. The monoisotopic (exact) mass is 517 g/mol. The summed E-state index contributed by atoms with van der Waals surface area (Å²) in [6, 6.07) is 12.0. The third-order valence-electron chi connectivity index (χ3n) is 5.26. The van der Waals surface area contributed by atoms with Crippen molar-refractivity contribution >= 4 is 54.0 Å². The number of rotatable bonds is 8. The molecule has 0 aliphatic rings. The Kier molecular flexibility index (Phi) is 7.25. The van der Waals surface area contributed by atoms with Crippen LogP contribution in [0, 0.1) is 12.7 Å². The van der Waals surface area contributed by atoms with Gasteiger partial charge in [0.2, 0.25) is 5.91 Å². The van der Waals surface area contributed by atoms with E-state index in [1.54, 1.807) is 29.4 Å². The number of amides is 1. The maximum atomic E-state index is 13.3. The predicted octanol–water partition coefficient (Wildman–Crippen LogP) is 5.58. The minimum Gasteiger partial charge on any atom is -0.284 e. The van der Waals surface area contributed by atoms with Crippen molar-refractivity contribution < 1.29 is 17.6 Å². The van der Waals surface area contributed by atoms with E-state index in [2.05, 4.69) is 9.97 Å². The molecule has 0 aliphatic carbocycles. The molecule has 176 valence electrons. The number of nitrogens with zero attached hydrogens (tertiary/aromatic N) is 3. The summed E-state index contributed by atoms with van der Waals surface area (Å²) in [5.41, 5.74) is 2.49. The second-order valence-corrected chi connectivity index (χ2v) is 11.2. The number of hydrogen-bond acceptors (Lipinski definition) is 6. The minimum absolute atomic E-state index is 0.00330. The largest absolute Gasteiger partial charge is 0.284 e. The molecule has 2 aromatic heterocycles. The van der Waals surface area contributed by atoms with E-state index in [4.69, 9.17) is 11.6 Å². The van der Waals surface area contributed by atoms with E-state index in [0.717, 1.165) is 33.5 Å². The number of halogens is 2. The Morgan fingerprint density at radius 2 is 1.91 bits per heavy atom. The van der Waals surface area contributed by atoms with Gasteiger partial charge in [0.1, 0.15) is 5.82 Å². The lowest BCUT2D eigenvalue weighted by atomic mass is 10.2. The van der Waals surface area contributed by atoms with Gasteiger partial charge in [0.15, 0.2) is 15.0 Å². The Bertz CT molecular complexity index is 1390. The number of thiazole rings is 1. The van der Waals surface area contributed by atoms with E-state index in [-0.39, 0.29) is 35.9 Å². The van der Waals surface area contributed by atoms with Crippen LogP contribution in [0.5, 0.6) is 0 Å². The van der Waals surface area contributed by atoms with Crippen molar-refractivity contribution in [1.29, 1.82) is 0 Å². The van der Waals surface area contributed by atoms with Gasteiger partial charge in [-0.15, -0.1) is 0 Å². The number of fused-ring (bicyclic) bond motifs is 1. The summed E-state index contributed by atoms with van der Waals surface area (Å²) >= 11 is 7.67. The van der Waals surface area contributed by atoms with Gasteiger partial charge in [0.25, 0.3) is 0 Å². The lowest BCUT2D eigenvalue weighted by Crippen LogP contribution is -2.30. The maximum absolute atomic E-state index is 13.3. The zero-order chi connectivity index (χ0) is 24.3. The van der Waals surface area contributed by atoms with Gasteiger partial charge in [0, 0.05) is 18.8 Å². The topological polar surface area (TPSA) is 80.2 Å². The van der Waals surface area contributed by atoms with Gasteiger partial charge in [-0.05, 0) is 60.9 Å². The van der Waals surface area contributed by atoms with E-state index in [0.29, 0.717) is 10.2 Å². The predicted molar refractivity (Wildman–Crippen MR) is 132 cm³/mol. The van der Waals surface area contributed by atoms with E-state index in [1.165, 1.54) is 23.5 Å². The van der Waals surface area contributed by atoms with Gasteiger partial charge >= 0.3 is 0 Å². The Morgan fingerprint density at radius 3 is 2.59 bits per heavy atom. The molecule has 0 bridgehead atoms. The van der Waals surface area contributed by atoms with Crippen LogP contribution in [-0.2, 0) is 21.2 Å². The molecule has 6 nitrogen and oxygen atoms in total. The van der Waals surface area contributed by atoms with Crippen LogP contribution in [0.1, 0.15) is 24.0 Å². The molecule has 0 N–H and O–H groups in total. The Morgan fingerprint density at radius 1 is 1.15 bits per heavy atom. The van der Waals surface area contributed by atoms with Gasteiger partial charge in [-0.2, -0.15) is 0 Å². The fourth-order valence-corrected chi connectivity index (χ4v) is 6.10. The third-order valence-corrected chi connectivity index (χ3v) is 8.61. The van der Waals surface area contributed by atoms with Crippen molar-refractivity contribution in [3.8, 4) is 0 Å². The van der Waals surface area contributed by atoms with E-state index < -0.39 is 15.7 Å². The molecule has 0 aliphatic heterocycles. The summed E-state index contributed by atoms with van der Waals surface area (Å²) in [5.74, 6) is -0.993. The van der Waals surface area contributed by atoms with E-state index in [1.807, 2.05) is 19.1 Å². The smallest absolute Gasteiger partial charge is 0.229 e. The summed E-state index contributed by atoms with van der Waals surface area (Å²) in [6.45, 7) is 2.17. The summed E-state index contributed by atoms with van der Waals surface area (Å²) in [6.07, 6.45) is 3.44. The molecule has 0 fully saturated rings. The number of carbonyl (C=O) groups is 1. The first-order valence-corrected chi connectivity index (χ1v) is 13.3. The van der Waals surface area contributed by atoms with Crippen molar-refractivity contribution in [1.82, 2.24) is 9.97 Å². The Balaban J connectivity index is 1.55.